The Balaban J connectivity index is 1.52. The van der Waals surface area contributed by atoms with Crippen molar-refractivity contribution >= 4 is 22.9 Å². The third-order valence-corrected chi connectivity index (χ3v) is 4.65. The van der Waals surface area contributed by atoms with Crippen molar-refractivity contribution in [1.29, 1.82) is 0 Å². The zero-order chi connectivity index (χ0) is 16.8. The molecule has 1 atom stereocenters. The molecule has 3 rings (SSSR count). The Bertz CT molecular complexity index is 654. The predicted octanol–water partition coefficient (Wildman–Crippen LogP) is 3.28. The van der Waals surface area contributed by atoms with Gasteiger partial charge in [-0.3, -0.25) is 9.69 Å². The lowest BCUT2D eigenvalue weighted by molar-refractivity contribution is -0.118. The van der Waals surface area contributed by atoms with Crippen molar-refractivity contribution in [3.63, 3.8) is 0 Å². The molecule has 2 heterocycles. The van der Waals surface area contributed by atoms with Crippen LogP contribution < -0.4 is 5.32 Å². The molecule has 1 aliphatic rings. The topological polar surface area (TPSA) is 54.5 Å². The summed E-state index contributed by atoms with van der Waals surface area (Å²) in [5.41, 5.74) is 4.96. The highest BCUT2D eigenvalue weighted by Gasteiger charge is 2.19. The summed E-state index contributed by atoms with van der Waals surface area (Å²) in [5.74, 6) is 0.0230. The summed E-state index contributed by atoms with van der Waals surface area (Å²) in [6.45, 7) is 2.41. The molecule has 0 spiro atoms. The molecule has 0 bridgehead atoms. The molecule has 0 unspecified atom stereocenters. The average Bonchev–Trinajstić information content (AvgIpc) is 3.21. The number of nitrogens with zero attached hydrogens (tertiary/aromatic N) is 2. The standard InChI is InChI=1S/C18H23N3O2S/c1-21(11-16-12-24-13-19-16)10-14-4-2-5-15(8-14)20-18(22)9-17-6-3-7-23-17/h2,4-5,8,12-13,17H,3,6-7,9-11H2,1H3,(H,20,22)/t17-/m0/s1. The van der Waals surface area contributed by atoms with Crippen LogP contribution in [0.25, 0.3) is 0 Å². The second-order valence-corrected chi connectivity index (χ2v) is 6.96. The maximum absolute atomic E-state index is 12.1. The van der Waals surface area contributed by atoms with Gasteiger partial charge in [0.1, 0.15) is 0 Å². The number of anilines is 1. The summed E-state index contributed by atoms with van der Waals surface area (Å²) < 4.78 is 5.52. The van der Waals surface area contributed by atoms with Crippen molar-refractivity contribution < 1.29 is 9.53 Å². The Morgan fingerprint density at radius 2 is 2.38 bits per heavy atom. The average molecular weight is 345 g/mol. The van der Waals surface area contributed by atoms with E-state index in [9.17, 15) is 4.79 Å². The van der Waals surface area contributed by atoms with Crippen molar-refractivity contribution in [3.05, 3.63) is 46.4 Å². The van der Waals surface area contributed by atoms with Gasteiger partial charge in [0.15, 0.2) is 0 Å². The summed E-state index contributed by atoms with van der Waals surface area (Å²) in [5, 5.41) is 5.05. The largest absolute Gasteiger partial charge is 0.378 e. The number of amides is 1. The van der Waals surface area contributed by atoms with E-state index in [0.717, 1.165) is 43.9 Å². The number of carbonyl (C=O) groups is 1. The summed E-state index contributed by atoms with van der Waals surface area (Å²) in [4.78, 5) is 18.6. The van der Waals surface area contributed by atoms with E-state index in [1.165, 1.54) is 5.56 Å². The normalized spacial score (nSPS) is 17.3. The summed E-state index contributed by atoms with van der Waals surface area (Å²) in [6.07, 6.45) is 2.55. The van der Waals surface area contributed by atoms with Crippen molar-refractivity contribution in [3.8, 4) is 0 Å². The van der Waals surface area contributed by atoms with E-state index in [0.29, 0.717) is 6.42 Å². The molecule has 0 saturated carbocycles. The zero-order valence-corrected chi connectivity index (χ0v) is 14.7. The molecule has 1 aliphatic heterocycles. The van der Waals surface area contributed by atoms with Gasteiger partial charge in [0.2, 0.25) is 5.91 Å². The molecular weight excluding hydrogens is 322 g/mol. The van der Waals surface area contributed by atoms with Crippen LogP contribution in [-0.4, -0.2) is 35.5 Å². The summed E-state index contributed by atoms with van der Waals surface area (Å²) in [7, 11) is 2.07. The Morgan fingerprint density at radius 1 is 1.46 bits per heavy atom. The first-order chi connectivity index (χ1) is 11.7. The van der Waals surface area contributed by atoms with Gasteiger partial charge in [0.05, 0.1) is 23.7 Å². The second kappa shape index (κ2) is 8.37. The quantitative estimate of drug-likeness (QED) is 0.837. The van der Waals surface area contributed by atoms with E-state index in [4.69, 9.17) is 4.74 Å². The number of thiazole rings is 1. The number of carbonyl (C=O) groups excluding carboxylic acids is 1. The van der Waals surface area contributed by atoms with E-state index >= 15 is 0 Å². The lowest BCUT2D eigenvalue weighted by Gasteiger charge is -2.16. The van der Waals surface area contributed by atoms with Gasteiger partial charge in [-0.05, 0) is 37.6 Å². The minimum Gasteiger partial charge on any atom is -0.378 e. The molecule has 1 amide bonds. The summed E-state index contributed by atoms with van der Waals surface area (Å²) in [6, 6.07) is 8.02. The summed E-state index contributed by atoms with van der Waals surface area (Å²) >= 11 is 1.61. The van der Waals surface area contributed by atoms with Crippen LogP contribution in [0.5, 0.6) is 0 Å². The molecule has 1 aromatic heterocycles. The molecular formula is C18H23N3O2S. The highest BCUT2D eigenvalue weighted by atomic mass is 32.1. The third-order valence-electron chi connectivity index (χ3n) is 4.02. The molecule has 128 valence electrons. The van der Waals surface area contributed by atoms with Gasteiger partial charge in [0.25, 0.3) is 0 Å². The van der Waals surface area contributed by atoms with Crippen LogP contribution in [0.3, 0.4) is 0 Å². The lowest BCUT2D eigenvalue weighted by atomic mass is 10.1. The number of ether oxygens (including phenoxy) is 1. The fourth-order valence-corrected chi connectivity index (χ4v) is 3.48. The maximum Gasteiger partial charge on any atom is 0.226 e. The van der Waals surface area contributed by atoms with E-state index < -0.39 is 0 Å². The first kappa shape index (κ1) is 17.1. The molecule has 0 aliphatic carbocycles. The van der Waals surface area contributed by atoms with E-state index in [1.807, 2.05) is 23.7 Å². The number of aromatic nitrogens is 1. The van der Waals surface area contributed by atoms with Crippen molar-refractivity contribution in [1.82, 2.24) is 9.88 Å². The van der Waals surface area contributed by atoms with Crippen LogP contribution in [0.4, 0.5) is 5.69 Å². The van der Waals surface area contributed by atoms with Gasteiger partial charge in [-0.25, -0.2) is 4.98 Å². The Labute approximate surface area is 146 Å². The number of hydrogen-bond acceptors (Lipinski definition) is 5. The van der Waals surface area contributed by atoms with Gasteiger partial charge in [-0.2, -0.15) is 0 Å². The van der Waals surface area contributed by atoms with Crippen LogP contribution in [0.1, 0.15) is 30.5 Å². The van der Waals surface area contributed by atoms with Gasteiger partial charge in [-0.15, -0.1) is 11.3 Å². The molecule has 1 saturated heterocycles. The van der Waals surface area contributed by atoms with Crippen LogP contribution in [0, 0.1) is 0 Å². The molecule has 1 fully saturated rings. The van der Waals surface area contributed by atoms with E-state index in [-0.39, 0.29) is 12.0 Å². The van der Waals surface area contributed by atoms with Gasteiger partial charge in [0, 0.05) is 30.8 Å². The Hall–Kier alpha value is -1.76. The molecule has 1 N–H and O–H groups in total. The Kier molecular flexibility index (Phi) is 5.96. The van der Waals surface area contributed by atoms with Crippen LogP contribution >= 0.6 is 11.3 Å². The fraction of sp³-hybridized carbons (Fsp3) is 0.444. The molecule has 0 radical (unpaired) electrons. The van der Waals surface area contributed by atoms with Gasteiger partial charge < -0.3 is 10.1 Å². The highest BCUT2D eigenvalue weighted by molar-refractivity contribution is 7.07. The first-order valence-corrected chi connectivity index (χ1v) is 9.19. The second-order valence-electron chi connectivity index (χ2n) is 6.24. The SMILES string of the molecule is CN(Cc1cccc(NC(=O)C[C@@H]2CCCO2)c1)Cc1cscn1. The minimum atomic E-state index is 0.0230. The molecule has 2 aromatic rings. The zero-order valence-electron chi connectivity index (χ0n) is 13.9. The number of rotatable bonds is 7. The van der Waals surface area contributed by atoms with Crippen LogP contribution in [0.2, 0.25) is 0 Å². The highest BCUT2D eigenvalue weighted by Crippen LogP contribution is 2.18. The number of benzene rings is 1. The van der Waals surface area contributed by atoms with E-state index in [1.54, 1.807) is 11.3 Å². The van der Waals surface area contributed by atoms with E-state index in [2.05, 4.69) is 33.7 Å². The van der Waals surface area contributed by atoms with Gasteiger partial charge in [-0.1, -0.05) is 12.1 Å². The molecule has 5 nitrogen and oxygen atoms in total. The third kappa shape index (κ3) is 5.12. The smallest absolute Gasteiger partial charge is 0.226 e. The van der Waals surface area contributed by atoms with Crippen LogP contribution in [0.15, 0.2) is 35.2 Å². The molecule has 24 heavy (non-hydrogen) atoms. The maximum atomic E-state index is 12.1. The van der Waals surface area contributed by atoms with Crippen molar-refractivity contribution in [2.24, 2.45) is 0 Å². The lowest BCUT2D eigenvalue weighted by Crippen LogP contribution is -2.20. The number of hydrogen-bond donors (Lipinski definition) is 1. The van der Waals surface area contributed by atoms with Crippen molar-refractivity contribution in [2.45, 2.75) is 38.5 Å². The monoisotopic (exact) mass is 345 g/mol. The minimum absolute atomic E-state index is 0.0230. The fourth-order valence-electron chi connectivity index (χ4n) is 2.93. The molecule has 6 heteroatoms. The van der Waals surface area contributed by atoms with Gasteiger partial charge >= 0.3 is 0 Å². The van der Waals surface area contributed by atoms with Crippen molar-refractivity contribution in [2.75, 3.05) is 19.0 Å². The first-order valence-electron chi connectivity index (χ1n) is 8.25. The predicted molar refractivity (Wildman–Crippen MR) is 95.9 cm³/mol. The van der Waals surface area contributed by atoms with Crippen LogP contribution in [-0.2, 0) is 22.6 Å². The Morgan fingerprint density at radius 3 is 3.12 bits per heavy atom. The number of nitrogens with one attached hydrogen (secondary N) is 1. The molecule has 1 aromatic carbocycles.